The van der Waals surface area contributed by atoms with Crippen molar-refractivity contribution in [1.82, 2.24) is 10.3 Å². The van der Waals surface area contributed by atoms with Crippen LogP contribution in [-0.2, 0) is 6.42 Å². The van der Waals surface area contributed by atoms with Crippen molar-refractivity contribution in [3.63, 3.8) is 0 Å². The molecule has 0 bridgehead atoms. The minimum absolute atomic E-state index is 0.373. The molecule has 22 heavy (non-hydrogen) atoms. The average molecular weight is 292 g/mol. The maximum Gasteiger partial charge on any atom is 0.0666 e. The van der Waals surface area contributed by atoms with Crippen LogP contribution in [0, 0.1) is 0 Å². The minimum Gasteiger partial charge on any atom is -0.377 e. The molecule has 0 spiro atoms. The summed E-state index contributed by atoms with van der Waals surface area (Å²) in [6.07, 6.45) is 14.0. The molecule has 0 saturated carbocycles. The van der Waals surface area contributed by atoms with Crippen LogP contribution in [0.2, 0.25) is 0 Å². The van der Waals surface area contributed by atoms with Gasteiger partial charge in [0.15, 0.2) is 0 Å². The van der Waals surface area contributed by atoms with Crippen molar-refractivity contribution in [3.8, 4) is 0 Å². The Morgan fingerprint density at radius 3 is 2.91 bits per heavy atom. The van der Waals surface area contributed by atoms with E-state index < -0.39 is 0 Å². The van der Waals surface area contributed by atoms with E-state index in [4.69, 9.17) is 0 Å². The SMILES string of the molecule is C\C=C/C=C\C(=C/C)NC1CCCc2c1[nH]c1ccccc21. The lowest BCUT2D eigenvalue weighted by atomic mass is 9.91. The first-order chi connectivity index (χ1) is 10.8. The summed E-state index contributed by atoms with van der Waals surface area (Å²) in [6, 6.07) is 9.01. The molecule has 1 heterocycles. The van der Waals surface area contributed by atoms with Gasteiger partial charge in [0.1, 0.15) is 0 Å². The highest BCUT2D eigenvalue weighted by molar-refractivity contribution is 5.85. The summed E-state index contributed by atoms with van der Waals surface area (Å²) in [7, 11) is 0. The van der Waals surface area contributed by atoms with E-state index in [1.54, 1.807) is 0 Å². The molecule has 1 aromatic carbocycles. The first-order valence-electron chi connectivity index (χ1n) is 8.15. The minimum atomic E-state index is 0.373. The van der Waals surface area contributed by atoms with E-state index >= 15 is 0 Å². The van der Waals surface area contributed by atoms with Gasteiger partial charge in [0, 0.05) is 22.3 Å². The highest BCUT2D eigenvalue weighted by atomic mass is 15.0. The van der Waals surface area contributed by atoms with Gasteiger partial charge in [0.25, 0.3) is 0 Å². The van der Waals surface area contributed by atoms with Gasteiger partial charge in [-0.25, -0.2) is 0 Å². The van der Waals surface area contributed by atoms with E-state index in [2.05, 4.69) is 65.8 Å². The van der Waals surface area contributed by atoms with E-state index in [9.17, 15) is 0 Å². The van der Waals surface area contributed by atoms with Gasteiger partial charge in [-0.1, -0.05) is 42.5 Å². The van der Waals surface area contributed by atoms with E-state index in [1.165, 1.54) is 47.1 Å². The molecule has 2 aromatic rings. The third-order valence-electron chi connectivity index (χ3n) is 4.35. The van der Waals surface area contributed by atoms with Gasteiger partial charge >= 0.3 is 0 Å². The van der Waals surface area contributed by atoms with Gasteiger partial charge in [-0.3, -0.25) is 0 Å². The van der Waals surface area contributed by atoms with Gasteiger partial charge in [-0.05, 0) is 50.8 Å². The number of aryl methyl sites for hydroxylation is 1. The van der Waals surface area contributed by atoms with Crippen LogP contribution in [0.3, 0.4) is 0 Å². The predicted octanol–water partition coefficient (Wildman–Crippen LogP) is 5.17. The van der Waals surface area contributed by atoms with Crippen LogP contribution in [0.15, 0.2) is 60.3 Å². The van der Waals surface area contributed by atoms with Crippen molar-refractivity contribution in [2.75, 3.05) is 0 Å². The molecule has 1 aliphatic rings. The second kappa shape index (κ2) is 6.69. The average Bonchev–Trinajstić information content (AvgIpc) is 2.94. The van der Waals surface area contributed by atoms with Gasteiger partial charge in [-0.2, -0.15) is 0 Å². The fourth-order valence-electron chi connectivity index (χ4n) is 3.26. The number of para-hydroxylation sites is 1. The van der Waals surface area contributed by atoms with Crippen molar-refractivity contribution in [3.05, 3.63) is 71.6 Å². The number of aromatic amines is 1. The molecule has 2 N–H and O–H groups in total. The summed E-state index contributed by atoms with van der Waals surface area (Å²) < 4.78 is 0. The van der Waals surface area contributed by atoms with E-state index in [0.717, 1.165) is 0 Å². The van der Waals surface area contributed by atoms with Crippen molar-refractivity contribution >= 4 is 10.9 Å². The molecule has 1 atom stereocenters. The molecular formula is C20H24N2. The second-order valence-electron chi connectivity index (χ2n) is 5.78. The normalized spacial score (nSPS) is 19.2. The quantitative estimate of drug-likeness (QED) is 0.747. The number of rotatable bonds is 4. The molecule has 114 valence electrons. The highest BCUT2D eigenvalue weighted by Crippen LogP contribution is 2.35. The van der Waals surface area contributed by atoms with Crippen LogP contribution in [0.5, 0.6) is 0 Å². The molecule has 0 fully saturated rings. The standard InChI is InChI=1S/C20H24N2/c1-3-5-6-10-15(4-2)21-19-14-9-12-17-16-11-7-8-13-18(16)22-20(17)19/h3-8,10-11,13,19,21-22H,9,12,14H2,1-2H3/b5-3-,10-6-,15-4+. The van der Waals surface area contributed by atoms with Crippen LogP contribution in [0.1, 0.15) is 44.0 Å². The first kappa shape index (κ1) is 14.7. The van der Waals surface area contributed by atoms with Crippen LogP contribution in [0.4, 0.5) is 0 Å². The molecule has 1 unspecified atom stereocenters. The van der Waals surface area contributed by atoms with Crippen molar-refractivity contribution in [2.24, 2.45) is 0 Å². The van der Waals surface area contributed by atoms with Gasteiger partial charge in [-0.15, -0.1) is 0 Å². The third-order valence-corrected chi connectivity index (χ3v) is 4.35. The number of allylic oxidation sites excluding steroid dienone is 5. The Bertz CT molecular complexity index is 731. The summed E-state index contributed by atoms with van der Waals surface area (Å²) in [4.78, 5) is 3.64. The fraction of sp³-hybridized carbons (Fsp3) is 0.300. The fourth-order valence-corrected chi connectivity index (χ4v) is 3.26. The molecule has 2 heteroatoms. The highest BCUT2D eigenvalue weighted by Gasteiger charge is 2.23. The number of aromatic nitrogens is 1. The maximum absolute atomic E-state index is 3.69. The third kappa shape index (κ3) is 2.87. The van der Waals surface area contributed by atoms with Crippen molar-refractivity contribution in [2.45, 2.75) is 39.2 Å². The first-order valence-corrected chi connectivity index (χ1v) is 8.15. The van der Waals surface area contributed by atoms with Gasteiger partial charge in [0.05, 0.1) is 6.04 Å². The summed E-state index contributed by atoms with van der Waals surface area (Å²) in [6.45, 7) is 4.11. The topological polar surface area (TPSA) is 27.8 Å². The number of hydrogen-bond donors (Lipinski definition) is 2. The molecule has 2 nitrogen and oxygen atoms in total. The van der Waals surface area contributed by atoms with E-state index in [0.29, 0.717) is 6.04 Å². The molecule has 3 rings (SSSR count). The number of nitrogens with one attached hydrogen (secondary N) is 2. The monoisotopic (exact) mass is 292 g/mol. The summed E-state index contributed by atoms with van der Waals surface area (Å²) in [5.74, 6) is 0. The van der Waals surface area contributed by atoms with Gasteiger partial charge in [0.2, 0.25) is 0 Å². The Morgan fingerprint density at radius 1 is 1.23 bits per heavy atom. The van der Waals surface area contributed by atoms with E-state index in [-0.39, 0.29) is 0 Å². The number of H-pyrrole nitrogens is 1. The molecular weight excluding hydrogens is 268 g/mol. The Balaban J connectivity index is 1.88. The Morgan fingerprint density at radius 2 is 2.09 bits per heavy atom. The maximum atomic E-state index is 3.69. The zero-order chi connectivity index (χ0) is 15.4. The number of fused-ring (bicyclic) bond motifs is 3. The van der Waals surface area contributed by atoms with Crippen LogP contribution in [-0.4, -0.2) is 4.98 Å². The lowest BCUT2D eigenvalue weighted by Crippen LogP contribution is -2.24. The molecule has 0 amide bonds. The van der Waals surface area contributed by atoms with Crippen LogP contribution < -0.4 is 5.32 Å². The van der Waals surface area contributed by atoms with Crippen LogP contribution in [0.25, 0.3) is 10.9 Å². The Labute approximate surface area is 132 Å². The number of hydrogen-bond acceptors (Lipinski definition) is 1. The largest absolute Gasteiger partial charge is 0.377 e. The molecule has 0 radical (unpaired) electrons. The second-order valence-corrected chi connectivity index (χ2v) is 5.78. The lowest BCUT2D eigenvalue weighted by Gasteiger charge is -2.25. The van der Waals surface area contributed by atoms with Crippen LogP contribution >= 0.6 is 0 Å². The zero-order valence-electron chi connectivity index (χ0n) is 13.4. The smallest absolute Gasteiger partial charge is 0.0666 e. The summed E-state index contributed by atoms with van der Waals surface area (Å²) in [5, 5.41) is 5.08. The summed E-state index contributed by atoms with van der Waals surface area (Å²) >= 11 is 0. The lowest BCUT2D eigenvalue weighted by molar-refractivity contribution is 0.496. The molecule has 1 aromatic heterocycles. The van der Waals surface area contributed by atoms with Gasteiger partial charge < -0.3 is 10.3 Å². The summed E-state index contributed by atoms with van der Waals surface area (Å²) in [5.41, 5.74) is 5.29. The van der Waals surface area contributed by atoms with Crippen molar-refractivity contribution in [1.29, 1.82) is 0 Å². The Hall–Kier alpha value is -2.22. The van der Waals surface area contributed by atoms with Crippen molar-refractivity contribution < 1.29 is 0 Å². The predicted molar refractivity (Wildman–Crippen MR) is 94.8 cm³/mol. The molecule has 0 aliphatic heterocycles. The number of benzene rings is 1. The molecule has 0 saturated heterocycles. The zero-order valence-corrected chi connectivity index (χ0v) is 13.4. The molecule has 1 aliphatic carbocycles. The van der Waals surface area contributed by atoms with E-state index in [1.807, 2.05) is 13.0 Å². The Kier molecular flexibility index (Phi) is 4.47.